The van der Waals surface area contributed by atoms with E-state index in [1.807, 2.05) is 34.6 Å². The van der Waals surface area contributed by atoms with Crippen LogP contribution in [0.4, 0.5) is 0 Å². The zero-order chi connectivity index (χ0) is 18.0. The molecule has 1 heterocycles. The number of nitrogens with zero attached hydrogens (tertiary/aromatic N) is 1. The first-order chi connectivity index (χ1) is 10.4. The largest absolute Gasteiger partial charge is 0.299 e. The molecule has 0 aromatic heterocycles. The van der Waals surface area contributed by atoms with E-state index in [1.165, 1.54) is 4.90 Å². The molecule has 23 heavy (non-hydrogen) atoms. The second-order valence-corrected chi connectivity index (χ2v) is 9.37. The second-order valence-electron chi connectivity index (χ2n) is 8.14. The van der Waals surface area contributed by atoms with E-state index in [0.29, 0.717) is 18.8 Å². The highest BCUT2D eigenvalue weighted by molar-refractivity contribution is 8.00. The van der Waals surface area contributed by atoms with Gasteiger partial charge in [0.1, 0.15) is 5.78 Å². The summed E-state index contributed by atoms with van der Waals surface area (Å²) >= 11 is 1.57. The van der Waals surface area contributed by atoms with Gasteiger partial charge in [0.25, 0.3) is 0 Å². The predicted molar refractivity (Wildman–Crippen MR) is 95.3 cm³/mol. The Balaban J connectivity index is 2.89. The summed E-state index contributed by atoms with van der Waals surface area (Å²) in [7, 11) is 0. The van der Waals surface area contributed by atoms with E-state index in [-0.39, 0.29) is 29.3 Å². The molecular formula is C18H31NO3S. The summed E-state index contributed by atoms with van der Waals surface area (Å²) in [6, 6.07) is 0. The van der Waals surface area contributed by atoms with Gasteiger partial charge in [0.05, 0.1) is 5.25 Å². The molecule has 1 saturated heterocycles. The van der Waals surface area contributed by atoms with Gasteiger partial charge < -0.3 is 0 Å². The van der Waals surface area contributed by atoms with E-state index < -0.39 is 11.0 Å². The van der Waals surface area contributed by atoms with Crippen LogP contribution in [0.3, 0.4) is 0 Å². The van der Waals surface area contributed by atoms with E-state index in [9.17, 15) is 14.4 Å². The molecule has 0 bridgehead atoms. The maximum atomic E-state index is 12.7. The van der Waals surface area contributed by atoms with Crippen LogP contribution in [0.15, 0.2) is 0 Å². The molecule has 0 spiro atoms. The van der Waals surface area contributed by atoms with Gasteiger partial charge in [-0.2, -0.15) is 0 Å². The van der Waals surface area contributed by atoms with Crippen LogP contribution in [-0.2, 0) is 14.4 Å². The van der Waals surface area contributed by atoms with Crippen LogP contribution in [0.1, 0.15) is 67.7 Å². The van der Waals surface area contributed by atoms with E-state index in [0.717, 1.165) is 5.75 Å². The van der Waals surface area contributed by atoms with Crippen LogP contribution >= 0.6 is 11.8 Å². The fourth-order valence-corrected chi connectivity index (χ4v) is 4.54. The van der Waals surface area contributed by atoms with Gasteiger partial charge in [-0.15, -0.1) is 11.8 Å². The van der Waals surface area contributed by atoms with E-state index >= 15 is 0 Å². The average Bonchev–Trinajstić information content (AvgIpc) is 2.69. The Bertz CT molecular complexity index is 483. The van der Waals surface area contributed by atoms with Crippen molar-refractivity contribution >= 4 is 29.4 Å². The topological polar surface area (TPSA) is 54.5 Å². The van der Waals surface area contributed by atoms with Crippen molar-refractivity contribution in [2.24, 2.45) is 11.3 Å². The first-order valence-corrected chi connectivity index (χ1v) is 9.49. The number of likely N-dealkylation sites (tertiary alicyclic amines) is 1. The standard InChI is InChI=1S/C18H31NO3S/c1-8-14(20)17(4,5)11-18(6,7)19-15(21)9-13(16(19)22)23-10-12(2)3/h12-13H,8-11H2,1-7H3. The number of carbonyl (C=O) groups excluding carboxylic acids is 3. The molecule has 0 aliphatic carbocycles. The number of carbonyl (C=O) groups is 3. The van der Waals surface area contributed by atoms with Crippen LogP contribution < -0.4 is 0 Å². The molecule has 1 unspecified atom stereocenters. The molecule has 1 atom stereocenters. The highest BCUT2D eigenvalue weighted by Crippen LogP contribution is 2.38. The Morgan fingerprint density at radius 3 is 2.30 bits per heavy atom. The molecule has 5 heteroatoms. The number of rotatable bonds is 8. The lowest BCUT2D eigenvalue weighted by Gasteiger charge is -2.39. The summed E-state index contributed by atoms with van der Waals surface area (Å²) < 4.78 is 0. The van der Waals surface area contributed by atoms with Crippen LogP contribution in [0.25, 0.3) is 0 Å². The SMILES string of the molecule is CCC(=O)C(C)(C)CC(C)(C)N1C(=O)CC(SCC(C)C)C1=O. The highest BCUT2D eigenvalue weighted by Gasteiger charge is 2.48. The minimum atomic E-state index is -0.643. The Morgan fingerprint density at radius 1 is 1.26 bits per heavy atom. The monoisotopic (exact) mass is 341 g/mol. The van der Waals surface area contributed by atoms with Crippen LogP contribution in [0.5, 0.6) is 0 Å². The zero-order valence-corrected chi connectivity index (χ0v) is 16.4. The predicted octanol–water partition coefficient (Wildman–Crippen LogP) is 3.68. The van der Waals surface area contributed by atoms with Crippen molar-refractivity contribution in [3.63, 3.8) is 0 Å². The Hall–Kier alpha value is -0.840. The third kappa shape index (κ3) is 4.82. The van der Waals surface area contributed by atoms with Crippen molar-refractivity contribution in [3.8, 4) is 0 Å². The van der Waals surface area contributed by atoms with Gasteiger partial charge in [0, 0.05) is 23.8 Å². The van der Waals surface area contributed by atoms with Gasteiger partial charge in [0.2, 0.25) is 11.8 Å². The maximum absolute atomic E-state index is 12.7. The molecule has 0 aromatic carbocycles. The molecule has 0 N–H and O–H groups in total. The lowest BCUT2D eigenvalue weighted by atomic mass is 9.75. The Morgan fingerprint density at radius 2 is 1.83 bits per heavy atom. The second kappa shape index (κ2) is 7.37. The van der Waals surface area contributed by atoms with Gasteiger partial charge >= 0.3 is 0 Å². The van der Waals surface area contributed by atoms with Crippen LogP contribution in [0.2, 0.25) is 0 Å². The molecule has 0 radical (unpaired) electrons. The fourth-order valence-electron chi connectivity index (χ4n) is 3.42. The van der Waals surface area contributed by atoms with Crippen molar-refractivity contribution in [3.05, 3.63) is 0 Å². The van der Waals surface area contributed by atoms with E-state index in [2.05, 4.69) is 13.8 Å². The lowest BCUT2D eigenvalue weighted by molar-refractivity contribution is -0.147. The number of hydrogen-bond acceptors (Lipinski definition) is 4. The zero-order valence-electron chi connectivity index (χ0n) is 15.6. The first kappa shape index (κ1) is 20.2. The summed E-state index contributed by atoms with van der Waals surface area (Å²) in [4.78, 5) is 38.7. The molecule has 4 nitrogen and oxygen atoms in total. The van der Waals surface area contributed by atoms with Gasteiger partial charge in [0.15, 0.2) is 0 Å². The van der Waals surface area contributed by atoms with Crippen LogP contribution in [-0.4, -0.2) is 39.0 Å². The molecule has 1 rings (SSSR count). The highest BCUT2D eigenvalue weighted by atomic mass is 32.2. The van der Waals surface area contributed by atoms with Crippen LogP contribution in [0, 0.1) is 11.3 Å². The van der Waals surface area contributed by atoms with Gasteiger partial charge in [-0.1, -0.05) is 34.6 Å². The summed E-state index contributed by atoms with van der Waals surface area (Å²) in [6.07, 6.45) is 1.24. The van der Waals surface area contributed by atoms with Crippen molar-refractivity contribution in [2.45, 2.75) is 78.5 Å². The van der Waals surface area contributed by atoms with Gasteiger partial charge in [-0.3, -0.25) is 19.3 Å². The molecule has 0 saturated carbocycles. The van der Waals surface area contributed by atoms with E-state index in [1.54, 1.807) is 11.8 Å². The normalized spacial score (nSPS) is 19.8. The van der Waals surface area contributed by atoms with Gasteiger partial charge in [-0.25, -0.2) is 0 Å². The molecule has 132 valence electrons. The summed E-state index contributed by atoms with van der Waals surface area (Å²) in [6.45, 7) is 13.6. The minimum Gasteiger partial charge on any atom is -0.299 e. The smallest absolute Gasteiger partial charge is 0.243 e. The lowest BCUT2D eigenvalue weighted by Crippen LogP contribution is -2.51. The van der Waals surface area contributed by atoms with Crippen molar-refractivity contribution in [1.82, 2.24) is 4.90 Å². The summed E-state index contributed by atoms with van der Waals surface area (Å²) in [5.74, 6) is 1.32. The Labute approximate surface area is 144 Å². The Kier molecular flexibility index (Phi) is 6.47. The molecule has 1 fully saturated rings. The number of imide groups is 1. The van der Waals surface area contributed by atoms with Crippen molar-refractivity contribution in [1.29, 1.82) is 0 Å². The molecule has 1 aliphatic heterocycles. The quantitative estimate of drug-likeness (QED) is 0.632. The van der Waals surface area contributed by atoms with Crippen molar-refractivity contribution < 1.29 is 14.4 Å². The molecule has 0 aromatic rings. The number of thioether (sulfide) groups is 1. The maximum Gasteiger partial charge on any atom is 0.243 e. The molecule has 2 amide bonds. The van der Waals surface area contributed by atoms with Crippen molar-refractivity contribution in [2.75, 3.05) is 5.75 Å². The number of amides is 2. The third-order valence-electron chi connectivity index (χ3n) is 4.29. The first-order valence-electron chi connectivity index (χ1n) is 8.44. The molecule has 1 aliphatic rings. The van der Waals surface area contributed by atoms with E-state index in [4.69, 9.17) is 0 Å². The molecular weight excluding hydrogens is 310 g/mol. The number of Topliss-reactive ketones (excluding diaryl/α,β-unsaturated/α-hetero) is 1. The number of hydrogen-bond donors (Lipinski definition) is 0. The number of ketones is 1. The summed E-state index contributed by atoms with van der Waals surface area (Å²) in [5.41, 5.74) is -1.18. The van der Waals surface area contributed by atoms with Gasteiger partial charge in [-0.05, 0) is 31.9 Å². The minimum absolute atomic E-state index is 0.0922. The summed E-state index contributed by atoms with van der Waals surface area (Å²) in [5, 5.41) is -0.269. The third-order valence-corrected chi connectivity index (χ3v) is 5.92. The average molecular weight is 342 g/mol. The fraction of sp³-hybridized carbons (Fsp3) is 0.833.